The van der Waals surface area contributed by atoms with Crippen LogP contribution in [0.2, 0.25) is 10.0 Å². The van der Waals surface area contributed by atoms with Crippen LogP contribution in [0.15, 0.2) is 41.2 Å². The lowest BCUT2D eigenvalue weighted by atomic mass is 9.83. The Balaban J connectivity index is 1.36. The van der Waals surface area contributed by atoms with E-state index in [4.69, 9.17) is 27.9 Å². The van der Waals surface area contributed by atoms with Crippen molar-refractivity contribution >= 4 is 23.2 Å². The maximum absolute atomic E-state index is 12.1. The Bertz CT molecular complexity index is 886. The van der Waals surface area contributed by atoms with Gasteiger partial charge in [0.25, 0.3) is 5.56 Å². The van der Waals surface area contributed by atoms with Gasteiger partial charge in [0.05, 0.1) is 5.02 Å². The van der Waals surface area contributed by atoms with Gasteiger partial charge in [-0.15, -0.1) is 0 Å². The summed E-state index contributed by atoms with van der Waals surface area (Å²) in [6.07, 6.45) is 0.487. The van der Waals surface area contributed by atoms with Crippen molar-refractivity contribution in [3.8, 4) is 5.75 Å². The molecule has 0 aliphatic carbocycles. The molecular weight excluding hydrogens is 387 g/mol. The Hall–Kier alpha value is -1.53. The lowest BCUT2D eigenvalue weighted by molar-refractivity contribution is 0.0384. The summed E-state index contributed by atoms with van der Waals surface area (Å²) in [5, 5.41) is 11.4. The highest BCUT2D eigenvalue weighted by molar-refractivity contribution is 6.35. The van der Waals surface area contributed by atoms with Gasteiger partial charge >= 0.3 is 0 Å². The van der Waals surface area contributed by atoms with Gasteiger partial charge < -0.3 is 14.4 Å². The summed E-state index contributed by atoms with van der Waals surface area (Å²) in [4.78, 5) is 14.4. The largest absolute Gasteiger partial charge is 0.489 e. The van der Waals surface area contributed by atoms with Crippen LogP contribution in [-0.4, -0.2) is 46.9 Å². The van der Waals surface area contributed by atoms with Crippen molar-refractivity contribution in [2.75, 3.05) is 26.2 Å². The van der Waals surface area contributed by atoms with Crippen LogP contribution < -0.4 is 10.3 Å². The van der Waals surface area contributed by atoms with Crippen molar-refractivity contribution < 1.29 is 9.84 Å². The highest BCUT2D eigenvalue weighted by atomic mass is 35.5. The minimum atomic E-state index is -0.617. The molecule has 0 saturated carbocycles. The number of fused-ring (bicyclic) bond motifs is 4. The highest BCUT2D eigenvalue weighted by Gasteiger charge is 2.34. The highest BCUT2D eigenvalue weighted by Crippen LogP contribution is 2.35. The van der Waals surface area contributed by atoms with Gasteiger partial charge in [-0.05, 0) is 36.6 Å². The number of hydrogen-bond acceptors (Lipinski definition) is 4. The molecule has 3 atom stereocenters. The molecule has 1 saturated heterocycles. The third-order valence-corrected chi connectivity index (χ3v) is 5.88. The van der Waals surface area contributed by atoms with Crippen molar-refractivity contribution in [3.05, 3.63) is 62.5 Å². The Morgan fingerprint density at radius 3 is 2.85 bits per heavy atom. The van der Waals surface area contributed by atoms with Crippen molar-refractivity contribution in [2.24, 2.45) is 5.92 Å². The number of rotatable bonds is 5. The zero-order valence-electron chi connectivity index (χ0n) is 14.9. The van der Waals surface area contributed by atoms with Crippen LogP contribution in [0.4, 0.5) is 0 Å². The molecule has 27 heavy (non-hydrogen) atoms. The molecule has 0 unspecified atom stereocenters. The predicted molar refractivity (Wildman–Crippen MR) is 106 cm³/mol. The van der Waals surface area contributed by atoms with Crippen LogP contribution in [-0.2, 0) is 6.54 Å². The summed E-state index contributed by atoms with van der Waals surface area (Å²) in [6, 6.07) is 10.6. The van der Waals surface area contributed by atoms with Crippen LogP contribution in [0.1, 0.15) is 18.0 Å². The summed E-state index contributed by atoms with van der Waals surface area (Å²) < 4.78 is 7.56. The number of β-amino-alcohol motifs (C(OH)–C–C–N with tert-alkyl or cyclic N) is 1. The fourth-order valence-electron chi connectivity index (χ4n) is 4.27. The molecule has 7 heteroatoms. The number of aliphatic hydroxyl groups excluding tert-OH is 1. The number of piperidine rings is 1. The van der Waals surface area contributed by atoms with Crippen LogP contribution in [0.3, 0.4) is 0 Å². The number of likely N-dealkylation sites (tertiary alicyclic amines) is 1. The number of ether oxygens (including phenoxy) is 1. The van der Waals surface area contributed by atoms with Gasteiger partial charge in [0.2, 0.25) is 0 Å². The van der Waals surface area contributed by atoms with Gasteiger partial charge in [-0.2, -0.15) is 0 Å². The first-order chi connectivity index (χ1) is 13.0. The van der Waals surface area contributed by atoms with E-state index in [0.29, 0.717) is 34.2 Å². The molecular formula is C20H22Cl2N2O3. The van der Waals surface area contributed by atoms with E-state index in [2.05, 4.69) is 4.90 Å². The average molecular weight is 409 g/mol. The summed E-state index contributed by atoms with van der Waals surface area (Å²) in [5.74, 6) is 1.30. The molecule has 0 spiro atoms. The number of pyridine rings is 1. The Labute approximate surface area is 168 Å². The second kappa shape index (κ2) is 7.84. The quantitative estimate of drug-likeness (QED) is 0.825. The summed E-state index contributed by atoms with van der Waals surface area (Å²) >= 11 is 12.0. The van der Waals surface area contributed by atoms with Crippen LogP contribution >= 0.6 is 23.2 Å². The minimum absolute atomic E-state index is 0.0870. The normalized spacial score (nSPS) is 22.9. The number of halogens is 2. The molecule has 3 heterocycles. The van der Waals surface area contributed by atoms with Gasteiger partial charge in [-0.1, -0.05) is 29.3 Å². The van der Waals surface area contributed by atoms with Crippen molar-refractivity contribution in [2.45, 2.75) is 25.0 Å². The molecule has 2 aromatic rings. The van der Waals surface area contributed by atoms with E-state index in [0.717, 1.165) is 31.7 Å². The lowest BCUT2D eigenvalue weighted by Gasteiger charge is -2.43. The zero-order chi connectivity index (χ0) is 19.0. The maximum Gasteiger partial charge on any atom is 0.250 e. The van der Waals surface area contributed by atoms with Gasteiger partial charge in [-0.3, -0.25) is 9.69 Å². The molecule has 2 bridgehead atoms. The van der Waals surface area contributed by atoms with Crippen LogP contribution in [0.25, 0.3) is 0 Å². The fraction of sp³-hybridized carbons (Fsp3) is 0.450. The van der Waals surface area contributed by atoms with E-state index < -0.39 is 6.10 Å². The molecule has 1 aromatic carbocycles. The second-order valence-electron chi connectivity index (χ2n) is 7.46. The first-order valence-electron chi connectivity index (χ1n) is 9.17. The summed E-state index contributed by atoms with van der Waals surface area (Å²) in [6.45, 7) is 3.20. The first kappa shape index (κ1) is 18.8. The van der Waals surface area contributed by atoms with E-state index in [-0.39, 0.29) is 12.2 Å². The Morgan fingerprint density at radius 2 is 2.04 bits per heavy atom. The van der Waals surface area contributed by atoms with Crippen molar-refractivity contribution in [3.63, 3.8) is 0 Å². The Kier molecular flexibility index (Phi) is 5.46. The number of benzene rings is 1. The number of nitrogens with zero attached hydrogens (tertiary/aromatic N) is 2. The predicted octanol–water partition coefficient (Wildman–Crippen LogP) is 3.01. The SMILES string of the molecule is O=c1cccc2n1C[C@H]1C[C@@H]2CN(C[C@@H](O)COc2ccc(Cl)cc2Cl)C1. The number of hydrogen-bond donors (Lipinski definition) is 1. The number of aliphatic hydroxyl groups is 1. The zero-order valence-corrected chi connectivity index (χ0v) is 16.4. The molecule has 0 amide bonds. The maximum atomic E-state index is 12.1. The smallest absolute Gasteiger partial charge is 0.250 e. The molecule has 4 rings (SSSR count). The van der Waals surface area contributed by atoms with Crippen LogP contribution in [0.5, 0.6) is 5.75 Å². The van der Waals surface area contributed by atoms with Crippen LogP contribution in [0, 0.1) is 5.92 Å². The van der Waals surface area contributed by atoms with E-state index in [1.54, 1.807) is 24.3 Å². The third-order valence-electron chi connectivity index (χ3n) is 5.35. The molecule has 0 radical (unpaired) electrons. The molecule has 1 N–H and O–H groups in total. The van der Waals surface area contributed by atoms with E-state index >= 15 is 0 Å². The number of aromatic nitrogens is 1. The standard InChI is InChI=1S/C20H22Cl2N2O3/c21-15-4-5-19(17(22)7-15)27-12-16(25)11-23-8-13-6-14(10-23)18-2-1-3-20(26)24(18)9-13/h1-5,7,13-14,16,25H,6,8-12H2/t13-,14+,16+/m0/s1. The van der Waals surface area contributed by atoms with E-state index in [9.17, 15) is 9.90 Å². The van der Waals surface area contributed by atoms with E-state index in [1.807, 2.05) is 16.7 Å². The average Bonchev–Trinajstić information content (AvgIpc) is 2.62. The molecule has 5 nitrogen and oxygen atoms in total. The van der Waals surface area contributed by atoms with E-state index in [1.165, 1.54) is 0 Å². The topological polar surface area (TPSA) is 54.7 Å². The molecule has 2 aliphatic heterocycles. The fourth-order valence-corrected chi connectivity index (χ4v) is 4.74. The third kappa shape index (κ3) is 4.16. The Morgan fingerprint density at radius 1 is 1.19 bits per heavy atom. The molecule has 1 aromatic heterocycles. The van der Waals surface area contributed by atoms with Crippen molar-refractivity contribution in [1.82, 2.24) is 9.47 Å². The summed E-state index contributed by atoms with van der Waals surface area (Å²) in [7, 11) is 0. The van der Waals surface area contributed by atoms with Crippen molar-refractivity contribution in [1.29, 1.82) is 0 Å². The molecule has 1 fully saturated rings. The molecule has 2 aliphatic rings. The van der Waals surface area contributed by atoms with Gasteiger partial charge in [0.15, 0.2) is 0 Å². The monoisotopic (exact) mass is 408 g/mol. The summed E-state index contributed by atoms with van der Waals surface area (Å²) in [5.41, 5.74) is 1.20. The minimum Gasteiger partial charge on any atom is -0.489 e. The van der Waals surface area contributed by atoms with Gasteiger partial charge in [0, 0.05) is 48.9 Å². The molecule has 144 valence electrons. The second-order valence-corrected chi connectivity index (χ2v) is 8.30. The van der Waals surface area contributed by atoms with Gasteiger partial charge in [0.1, 0.15) is 18.5 Å². The lowest BCUT2D eigenvalue weighted by Crippen LogP contribution is -2.49. The van der Waals surface area contributed by atoms with Gasteiger partial charge in [-0.25, -0.2) is 0 Å². The first-order valence-corrected chi connectivity index (χ1v) is 9.93.